The molecule has 0 heterocycles. The molecule has 0 aromatic carbocycles. The van der Waals surface area contributed by atoms with Crippen LogP contribution in [0.15, 0.2) is 0 Å². The molecule has 19 heavy (non-hydrogen) atoms. The van der Waals surface area contributed by atoms with Gasteiger partial charge in [-0.3, -0.25) is 4.79 Å². The van der Waals surface area contributed by atoms with Gasteiger partial charge in [-0.15, -0.1) is 0 Å². The monoisotopic (exact) mass is 274 g/mol. The van der Waals surface area contributed by atoms with Gasteiger partial charge in [0, 0.05) is 0 Å². The molecule has 0 aromatic rings. The first-order valence-corrected chi connectivity index (χ1v) is 6.71. The number of rotatable bonds is 11. The van der Waals surface area contributed by atoms with Crippen LogP contribution in [0.25, 0.3) is 0 Å². The first-order valence-electron chi connectivity index (χ1n) is 6.71. The van der Waals surface area contributed by atoms with Crippen LogP contribution < -0.4 is 22.5 Å². The molecule has 1 amide bonds. The lowest BCUT2D eigenvalue weighted by Crippen LogP contribution is -2.48. The van der Waals surface area contributed by atoms with Crippen molar-refractivity contribution in [2.75, 3.05) is 13.1 Å². The van der Waals surface area contributed by atoms with Crippen molar-refractivity contribution in [3.05, 3.63) is 0 Å². The van der Waals surface area contributed by atoms with E-state index in [4.69, 9.17) is 22.3 Å². The summed E-state index contributed by atoms with van der Waals surface area (Å²) < 4.78 is 0. The maximum atomic E-state index is 11.7. The Labute approximate surface area is 113 Å². The van der Waals surface area contributed by atoms with Gasteiger partial charge in [-0.1, -0.05) is 6.42 Å². The topological polar surface area (TPSA) is 144 Å². The van der Waals surface area contributed by atoms with Gasteiger partial charge in [0.25, 0.3) is 0 Å². The normalized spacial score (nSPS) is 13.8. The number of amides is 1. The quantitative estimate of drug-likeness (QED) is 0.310. The zero-order valence-electron chi connectivity index (χ0n) is 11.3. The predicted molar refractivity (Wildman–Crippen MR) is 73.4 cm³/mol. The molecular weight excluding hydrogens is 248 g/mol. The third kappa shape index (κ3) is 8.52. The summed E-state index contributed by atoms with van der Waals surface area (Å²) in [7, 11) is 0. The van der Waals surface area contributed by atoms with E-state index in [2.05, 4.69) is 5.32 Å². The molecule has 0 spiro atoms. The summed E-state index contributed by atoms with van der Waals surface area (Å²) in [5.41, 5.74) is 16.4. The van der Waals surface area contributed by atoms with E-state index in [9.17, 15) is 9.59 Å². The Bertz CT molecular complexity index is 274. The summed E-state index contributed by atoms with van der Waals surface area (Å²) in [6.07, 6.45) is 3.85. The molecule has 0 aromatic heterocycles. The lowest BCUT2D eigenvalue weighted by molar-refractivity contribution is -0.142. The van der Waals surface area contributed by atoms with Crippen molar-refractivity contribution >= 4 is 11.9 Å². The molecule has 0 saturated heterocycles. The summed E-state index contributed by atoms with van der Waals surface area (Å²) in [5.74, 6) is -1.46. The minimum atomic E-state index is -1.04. The number of carbonyl (C=O) groups excluding carboxylic acids is 1. The van der Waals surface area contributed by atoms with Crippen molar-refractivity contribution in [3.8, 4) is 0 Å². The van der Waals surface area contributed by atoms with E-state index in [1.165, 1.54) is 0 Å². The first kappa shape index (κ1) is 17.8. The molecule has 0 saturated carbocycles. The first-order chi connectivity index (χ1) is 9.02. The zero-order chi connectivity index (χ0) is 14.7. The Morgan fingerprint density at radius 2 is 1.53 bits per heavy atom. The minimum absolute atomic E-state index is 0.369. The Morgan fingerprint density at radius 1 is 1.00 bits per heavy atom. The number of hydrogen-bond acceptors (Lipinski definition) is 5. The standard InChI is InChI=1S/C12H26N4O3/c13-7-3-1-5-9(15)11(17)16-10(12(18)19)6-2-4-8-14/h9-10H,1-8,13-15H2,(H,16,17)(H,18,19)/t9-,10-/m1/s1. The fourth-order valence-corrected chi connectivity index (χ4v) is 1.67. The highest BCUT2D eigenvalue weighted by atomic mass is 16.4. The summed E-state index contributed by atoms with van der Waals surface area (Å²) in [6, 6.07) is -1.57. The number of nitrogens with two attached hydrogens (primary N) is 3. The van der Waals surface area contributed by atoms with Gasteiger partial charge in [-0.05, 0) is 45.2 Å². The molecule has 0 aliphatic rings. The van der Waals surface area contributed by atoms with Crippen LogP contribution in [0.2, 0.25) is 0 Å². The van der Waals surface area contributed by atoms with Gasteiger partial charge in [-0.2, -0.15) is 0 Å². The fourth-order valence-electron chi connectivity index (χ4n) is 1.67. The Morgan fingerprint density at radius 3 is 2.00 bits per heavy atom. The van der Waals surface area contributed by atoms with Crippen LogP contribution >= 0.6 is 0 Å². The van der Waals surface area contributed by atoms with Gasteiger partial charge >= 0.3 is 5.97 Å². The predicted octanol–water partition coefficient (Wildman–Crippen LogP) is -0.859. The third-order valence-corrected chi connectivity index (χ3v) is 2.87. The molecule has 8 N–H and O–H groups in total. The van der Waals surface area contributed by atoms with E-state index in [0.29, 0.717) is 32.4 Å². The number of aliphatic carboxylic acids is 1. The van der Waals surface area contributed by atoms with Crippen LogP contribution in [0.4, 0.5) is 0 Å². The van der Waals surface area contributed by atoms with Gasteiger partial charge in [0.15, 0.2) is 0 Å². The van der Waals surface area contributed by atoms with E-state index in [1.54, 1.807) is 0 Å². The van der Waals surface area contributed by atoms with Crippen molar-refractivity contribution in [2.45, 2.75) is 50.6 Å². The van der Waals surface area contributed by atoms with Crippen LogP contribution in [-0.4, -0.2) is 42.2 Å². The van der Waals surface area contributed by atoms with Crippen molar-refractivity contribution < 1.29 is 14.7 Å². The van der Waals surface area contributed by atoms with Gasteiger partial charge < -0.3 is 27.6 Å². The van der Waals surface area contributed by atoms with E-state index < -0.39 is 24.0 Å². The summed E-state index contributed by atoms with van der Waals surface area (Å²) in [5, 5.41) is 11.5. The molecule has 0 unspecified atom stereocenters. The highest BCUT2D eigenvalue weighted by Crippen LogP contribution is 2.03. The zero-order valence-corrected chi connectivity index (χ0v) is 11.3. The summed E-state index contributed by atoms with van der Waals surface area (Å²) in [6.45, 7) is 1.07. The number of hydrogen-bond donors (Lipinski definition) is 5. The van der Waals surface area contributed by atoms with E-state index in [1.807, 2.05) is 0 Å². The molecule has 7 nitrogen and oxygen atoms in total. The largest absolute Gasteiger partial charge is 0.480 e. The molecule has 7 heteroatoms. The van der Waals surface area contributed by atoms with Crippen LogP contribution in [-0.2, 0) is 9.59 Å². The average molecular weight is 274 g/mol. The molecule has 2 atom stereocenters. The molecule has 0 aliphatic carbocycles. The van der Waals surface area contributed by atoms with Crippen molar-refractivity contribution in [3.63, 3.8) is 0 Å². The maximum Gasteiger partial charge on any atom is 0.326 e. The van der Waals surface area contributed by atoms with Gasteiger partial charge in [0.05, 0.1) is 6.04 Å². The minimum Gasteiger partial charge on any atom is -0.480 e. The Balaban J connectivity index is 4.11. The molecule has 0 aliphatic heterocycles. The lowest BCUT2D eigenvalue weighted by atomic mass is 10.1. The molecular formula is C12H26N4O3. The van der Waals surface area contributed by atoms with Crippen LogP contribution in [0.3, 0.4) is 0 Å². The van der Waals surface area contributed by atoms with Crippen molar-refractivity contribution in [2.24, 2.45) is 17.2 Å². The molecule has 0 bridgehead atoms. The molecule has 0 fully saturated rings. The SMILES string of the molecule is NCCCC[C@@H](N)C(=O)N[C@H](CCCCN)C(=O)O. The third-order valence-electron chi connectivity index (χ3n) is 2.87. The number of carboxylic acid groups (broad SMARTS) is 1. The number of nitrogens with one attached hydrogen (secondary N) is 1. The summed E-state index contributed by atoms with van der Waals surface area (Å²) in [4.78, 5) is 22.7. The second-order valence-corrected chi connectivity index (χ2v) is 4.57. The second-order valence-electron chi connectivity index (χ2n) is 4.57. The Kier molecular flexibility index (Phi) is 10.1. The van der Waals surface area contributed by atoms with Gasteiger partial charge in [-0.25, -0.2) is 4.79 Å². The van der Waals surface area contributed by atoms with Crippen LogP contribution in [0, 0.1) is 0 Å². The van der Waals surface area contributed by atoms with Crippen molar-refractivity contribution in [1.82, 2.24) is 5.32 Å². The Hall–Kier alpha value is -1.18. The van der Waals surface area contributed by atoms with Gasteiger partial charge in [0.2, 0.25) is 5.91 Å². The van der Waals surface area contributed by atoms with Crippen LogP contribution in [0.5, 0.6) is 0 Å². The maximum absolute atomic E-state index is 11.7. The van der Waals surface area contributed by atoms with E-state index in [0.717, 1.165) is 19.3 Å². The fraction of sp³-hybridized carbons (Fsp3) is 0.833. The van der Waals surface area contributed by atoms with Crippen molar-refractivity contribution in [1.29, 1.82) is 0 Å². The molecule has 112 valence electrons. The number of unbranched alkanes of at least 4 members (excludes halogenated alkanes) is 2. The molecule has 0 rings (SSSR count). The van der Waals surface area contributed by atoms with Crippen LogP contribution in [0.1, 0.15) is 38.5 Å². The highest BCUT2D eigenvalue weighted by molar-refractivity contribution is 5.86. The smallest absolute Gasteiger partial charge is 0.326 e. The van der Waals surface area contributed by atoms with Gasteiger partial charge in [0.1, 0.15) is 6.04 Å². The number of carboxylic acids is 1. The lowest BCUT2D eigenvalue weighted by Gasteiger charge is -2.17. The van der Waals surface area contributed by atoms with E-state index in [-0.39, 0.29) is 0 Å². The van der Waals surface area contributed by atoms with E-state index >= 15 is 0 Å². The average Bonchev–Trinajstić information content (AvgIpc) is 2.37. The second kappa shape index (κ2) is 10.7. The number of carbonyl (C=O) groups is 2. The highest BCUT2D eigenvalue weighted by Gasteiger charge is 2.22. The molecule has 0 radical (unpaired) electrons. The summed E-state index contributed by atoms with van der Waals surface area (Å²) >= 11 is 0.